The number of benzene rings is 2. The molecule has 32 heavy (non-hydrogen) atoms. The van der Waals surface area contributed by atoms with Gasteiger partial charge in [0.05, 0.1) is 11.9 Å². The maximum absolute atomic E-state index is 13.6. The van der Waals surface area contributed by atoms with Crippen LogP contribution in [0.25, 0.3) is 0 Å². The van der Waals surface area contributed by atoms with Gasteiger partial charge >= 0.3 is 0 Å². The molecule has 0 heterocycles. The van der Waals surface area contributed by atoms with E-state index in [2.05, 4.69) is 17.4 Å². The highest BCUT2D eigenvalue weighted by atomic mass is 32.2. The van der Waals surface area contributed by atoms with Gasteiger partial charge in [-0.15, -0.1) is 0 Å². The molecule has 7 heteroatoms. The maximum Gasteiger partial charge on any atom is 0.245 e. The van der Waals surface area contributed by atoms with Crippen LogP contribution in [-0.2, 0) is 14.8 Å². The molecule has 4 bridgehead atoms. The van der Waals surface area contributed by atoms with Gasteiger partial charge in [0.1, 0.15) is 12.4 Å². The summed E-state index contributed by atoms with van der Waals surface area (Å²) in [4.78, 5) is 12.6. The molecule has 4 aliphatic rings. The Morgan fingerprint density at radius 3 is 2.19 bits per heavy atom. The van der Waals surface area contributed by atoms with E-state index >= 15 is 0 Å². The first kappa shape index (κ1) is 21.4. The Labute approximate surface area is 189 Å². The molecular formula is C25H29FN2O3S. The van der Waals surface area contributed by atoms with E-state index in [1.807, 2.05) is 12.1 Å². The molecule has 2 aromatic rings. The van der Waals surface area contributed by atoms with Crippen LogP contribution in [0.5, 0.6) is 0 Å². The molecule has 0 spiro atoms. The van der Waals surface area contributed by atoms with Crippen LogP contribution in [0, 0.1) is 29.5 Å². The standard InChI is InChI=1S/C25H29FN2O3S/c1-32(30,31)28(23-4-2-3-21(26)14-23)15-24(29)27-22-7-5-18(6-8-22)25-19-10-16-9-17(12-19)13-20(25)11-16/h2-8,14,16-17,19-20,25H,9-13,15H2,1H3,(H,27,29). The summed E-state index contributed by atoms with van der Waals surface area (Å²) in [6.07, 6.45) is 7.88. The van der Waals surface area contributed by atoms with Crippen molar-refractivity contribution >= 4 is 27.3 Å². The molecule has 0 radical (unpaired) electrons. The fraction of sp³-hybridized carbons (Fsp3) is 0.480. The summed E-state index contributed by atoms with van der Waals surface area (Å²) in [6.45, 7) is -0.417. The van der Waals surface area contributed by atoms with E-state index in [1.165, 1.54) is 55.9 Å². The van der Waals surface area contributed by atoms with Gasteiger partial charge in [-0.1, -0.05) is 18.2 Å². The van der Waals surface area contributed by atoms with Crippen LogP contribution in [0.4, 0.5) is 15.8 Å². The molecule has 0 aromatic heterocycles. The summed E-state index contributed by atoms with van der Waals surface area (Å²) in [5, 5.41) is 2.78. The number of carbonyl (C=O) groups is 1. The fourth-order valence-corrected chi connectivity index (χ4v) is 7.47. The fourth-order valence-electron chi connectivity index (χ4n) is 6.62. The molecule has 4 fully saturated rings. The van der Waals surface area contributed by atoms with Gasteiger partial charge in [0.2, 0.25) is 15.9 Å². The van der Waals surface area contributed by atoms with E-state index in [1.54, 1.807) is 0 Å². The van der Waals surface area contributed by atoms with Crippen molar-refractivity contribution in [1.82, 2.24) is 0 Å². The highest BCUT2D eigenvalue weighted by Gasteiger charge is 2.48. The Balaban J connectivity index is 1.27. The first-order valence-electron chi connectivity index (χ1n) is 11.4. The first-order chi connectivity index (χ1) is 15.3. The molecule has 0 aliphatic heterocycles. The second-order valence-corrected chi connectivity index (χ2v) is 11.8. The molecule has 5 nitrogen and oxygen atoms in total. The summed E-state index contributed by atoms with van der Waals surface area (Å²) < 4.78 is 38.9. The van der Waals surface area contributed by atoms with Crippen LogP contribution >= 0.6 is 0 Å². The van der Waals surface area contributed by atoms with Gasteiger partial charge in [0.15, 0.2) is 0 Å². The lowest BCUT2D eigenvalue weighted by atomic mass is 9.51. The Morgan fingerprint density at radius 2 is 1.62 bits per heavy atom. The zero-order valence-electron chi connectivity index (χ0n) is 18.2. The van der Waals surface area contributed by atoms with Crippen molar-refractivity contribution in [3.63, 3.8) is 0 Å². The van der Waals surface area contributed by atoms with Crippen LogP contribution in [0.15, 0.2) is 48.5 Å². The topological polar surface area (TPSA) is 66.5 Å². The Kier molecular flexibility index (Phi) is 5.48. The Bertz CT molecular complexity index is 1090. The molecule has 6 rings (SSSR count). The SMILES string of the molecule is CS(=O)(=O)N(CC(=O)Nc1ccc(C2C3CC4CC(C3)CC2C4)cc1)c1cccc(F)c1. The van der Waals surface area contributed by atoms with Crippen molar-refractivity contribution < 1.29 is 17.6 Å². The van der Waals surface area contributed by atoms with Crippen LogP contribution < -0.4 is 9.62 Å². The number of hydrogen-bond acceptors (Lipinski definition) is 3. The molecule has 0 saturated heterocycles. The van der Waals surface area contributed by atoms with Gasteiger partial charge in [-0.25, -0.2) is 12.8 Å². The molecule has 1 N–H and O–H groups in total. The minimum Gasteiger partial charge on any atom is -0.325 e. The molecule has 4 saturated carbocycles. The highest BCUT2D eigenvalue weighted by molar-refractivity contribution is 7.92. The molecule has 1 amide bonds. The van der Waals surface area contributed by atoms with Crippen molar-refractivity contribution in [1.29, 1.82) is 0 Å². The predicted octanol–water partition coefficient (Wildman–Crippen LogP) is 4.77. The molecule has 4 aliphatic carbocycles. The zero-order valence-corrected chi connectivity index (χ0v) is 19.0. The minimum atomic E-state index is -3.75. The second kappa shape index (κ2) is 8.18. The van der Waals surface area contributed by atoms with E-state index in [0.717, 1.165) is 40.3 Å². The van der Waals surface area contributed by atoms with Crippen molar-refractivity contribution in [2.45, 2.75) is 38.0 Å². The number of carbonyl (C=O) groups excluding carboxylic acids is 1. The van der Waals surface area contributed by atoms with E-state index in [-0.39, 0.29) is 5.69 Å². The van der Waals surface area contributed by atoms with Crippen LogP contribution in [0.2, 0.25) is 0 Å². The summed E-state index contributed by atoms with van der Waals surface area (Å²) in [5.74, 6) is 3.05. The number of halogens is 1. The number of amides is 1. The summed E-state index contributed by atoms with van der Waals surface area (Å²) >= 11 is 0. The Morgan fingerprint density at radius 1 is 1.00 bits per heavy atom. The van der Waals surface area contributed by atoms with Crippen LogP contribution in [0.3, 0.4) is 0 Å². The zero-order chi connectivity index (χ0) is 22.5. The van der Waals surface area contributed by atoms with Crippen molar-refractivity contribution in [3.8, 4) is 0 Å². The average Bonchev–Trinajstić information content (AvgIpc) is 2.71. The number of anilines is 2. The minimum absolute atomic E-state index is 0.125. The summed E-state index contributed by atoms with van der Waals surface area (Å²) in [7, 11) is -3.75. The normalized spacial score (nSPS) is 28.5. The van der Waals surface area contributed by atoms with E-state index in [9.17, 15) is 17.6 Å². The molecular weight excluding hydrogens is 427 g/mol. The lowest BCUT2D eigenvalue weighted by Crippen LogP contribution is -2.43. The van der Waals surface area contributed by atoms with E-state index < -0.39 is 28.3 Å². The van der Waals surface area contributed by atoms with Gasteiger partial charge < -0.3 is 5.32 Å². The van der Waals surface area contributed by atoms with Gasteiger partial charge in [-0.3, -0.25) is 9.10 Å². The molecule has 2 aromatic carbocycles. The van der Waals surface area contributed by atoms with Crippen molar-refractivity contribution in [2.24, 2.45) is 23.7 Å². The van der Waals surface area contributed by atoms with Gasteiger partial charge in [0, 0.05) is 5.69 Å². The predicted molar refractivity (Wildman–Crippen MR) is 123 cm³/mol. The van der Waals surface area contributed by atoms with Gasteiger partial charge in [-0.2, -0.15) is 0 Å². The number of nitrogens with zero attached hydrogens (tertiary/aromatic N) is 1. The Hall–Kier alpha value is -2.41. The summed E-state index contributed by atoms with van der Waals surface area (Å²) in [6, 6.07) is 13.3. The average molecular weight is 457 g/mol. The van der Waals surface area contributed by atoms with E-state index in [4.69, 9.17) is 0 Å². The number of rotatable bonds is 6. The third kappa shape index (κ3) is 4.27. The first-order valence-corrected chi connectivity index (χ1v) is 13.2. The van der Waals surface area contributed by atoms with Crippen molar-refractivity contribution in [2.75, 3.05) is 22.4 Å². The van der Waals surface area contributed by atoms with E-state index in [0.29, 0.717) is 11.6 Å². The molecule has 0 atom stereocenters. The smallest absolute Gasteiger partial charge is 0.245 e. The lowest BCUT2D eigenvalue weighted by Gasteiger charge is -2.54. The highest BCUT2D eigenvalue weighted by Crippen LogP contribution is 2.59. The van der Waals surface area contributed by atoms with Crippen LogP contribution in [0.1, 0.15) is 43.6 Å². The monoisotopic (exact) mass is 456 g/mol. The quantitative estimate of drug-likeness (QED) is 0.681. The third-order valence-electron chi connectivity index (χ3n) is 7.59. The molecule has 170 valence electrons. The number of sulfonamides is 1. The third-order valence-corrected chi connectivity index (χ3v) is 8.73. The van der Waals surface area contributed by atoms with Gasteiger partial charge in [-0.05, 0) is 97.6 Å². The molecule has 0 unspecified atom stereocenters. The number of nitrogens with one attached hydrogen (secondary N) is 1. The van der Waals surface area contributed by atoms with Gasteiger partial charge in [0.25, 0.3) is 0 Å². The maximum atomic E-state index is 13.6. The lowest BCUT2D eigenvalue weighted by molar-refractivity contribution is -0.114. The van der Waals surface area contributed by atoms with Crippen LogP contribution in [-0.4, -0.2) is 27.1 Å². The van der Waals surface area contributed by atoms with Crippen molar-refractivity contribution in [3.05, 3.63) is 59.9 Å². The number of hydrogen-bond donors (Lipinski definition) is 1. The second-order valence-electron chi connectivity index (χ2n) is 9.88. The largest absolute Gasteiger partial charge is 0.325 e. The summed E-state index contributed by atoms with van der Waals surface area (Å²) in [5.41, 5.74) is 2.12.